The second-order valence-electron chi connectivity index (χ2n) is 9.36. The molecule has 0 N–H and O–H groups in total. The van der Waals surface area contributed by atoms with Crippen LogP contribution in [0.15, 0.2) is 76.4 Å². The lowest BCUT2D eigenvalue weighted by Gasteiger charge is -2.21. The van der Waals surface area contributed by atoms with Crippen molar-refractivity contribution in [3.05, 3.63) is 104 Å². The van der Waals surface area contributed by atoms with Crippen LogP contribution >= 0.6 is 0 Å². The molecule has 1 unspecified atom stereocenters. The summed E-state index contributed by atoms with van der Waals surface area (Å²) in [5.41, 5.74) is -0.858. The van der Waals surface area contributed by atoms with Crippen molar-refractivity contribution >= 4 is 5.91 Å². The van der Waals surface area contributed by atoms with Crippen molar-refractivity contribution < 1.29 is 18.0 Å². The van der Waals surface area contributed by atoms with Crippen molar-refractivity contribution in [3.8, 4) is 0 Å². The number of carbonyl (C=O) groups excluding carboxylic acids is 1. The highest BCUT2D eigenvalue weighted by molar-refractivity contribution is 5.95. The van der Waals surface area contributed by atoms with Gasteiger partial charge in [0.1, 0.15) is 0 Å². The number of aromatic nitrogens is 2. The third-order valence-electron chi connectivity index (χ3n) is 7.16. The number of nitrogens with zero attached hydrogens (tertiary/aromatic N) is 3. The third kappa shape index (κ3) is 4.36. The van der Waals surface area contributed by atoms with Gasteiger partial charge in [-0.05, 0) is 55.1 Å². The molecule has 5 rings (SSSR count). The van der Waals surface area contributed by atoms with Crippen molar-refractivity contribution in [1.29, 1.82) is 0 Å². The van der Waals surface area contributed by atoms with Crippen LogP contribution in [0.5, 0.6) is 0 Å². The smallest absolute Gasteiger partial charge is 0.302 e. The summed E-state index contributed by atoms with van der Waals surface area (Å²) in [5.74, 6) is -0.236. The van der Waals surface area contributed by atoms with Gasteiger partial charge < -0.3 is 4.90 Å². The van der Waals surface area contributed by atoms with Gasteiger partial charge in [0.2, 0.25) is 0 Å². The van der Waals surface area contributed by atoms with Gasteiger partial charge >= 0.3 is 11.9 Å². The van der Waals surface area contributed by atoms with Crippen LogP contribution in [0.1, 0.15) is 34.3 Å². The molecular weight excluding hydrogens is 459 g/mol. The summed E-state index contributed by atoms with van der Waals surface area (Å²) in [7, 11) is 0. The number of halogens is 3. The Hall–Kier alpha value is -3.46. The molecule has 0 spiro atoms. The van der Waals surface area contributed by atoms with Gasteiger partial charge in [-0.3, -0.25) is 14.2 Å². The fourth-order valence-electron chi connectivity index (χ4n) is 5.24. The number of hydrogen-bond acceptors (Lipinski definition) is 4. The van der Waals surface area contributed by atoms with Gasteiger partial charge in [0, 0.05) is 42.9 Å². The molecule has 2 atom stereocenters. The molecule has 0 bridgehead atoms. The van der Waals surface area contributed by atoms with Crippen LogP contribution in [-0.2, 0) is 18.1 Å². The average molecular weight is 483 g/mol. The van der Waals surface area contributed by atoms with E-state index in [0.717, 1.165) is 37.2 Å². The predicted octanol–water partition coefficient (Wildman–Crippen LogP) is 3.38. The first-order chi connectivity index (χ1) is 16.7. The molecular formula is C26H24F3N3O3. The van der Waals surface area contributed by atoms with Crippen LogP contribution in [-0.4, -0.2) is 39.6 Å². The molecule has 1 aliphatic carbocycles. The Balaban J connectivity index is 1.22. The first kappa shape index (κ1) is 23.3. The molecule has 1 saturated heterocycles. The van der Waals surface area contributed by atoms with Crippen molar-refractivity contribution in [2.24, 2.45) is 5.92 Å². The Morgan fingerprint density at radius 1 is 0.971 bits per heavy atom. The van der Waals surface area contributed by atoms with Crippen LogP contribution in [0, 0.1) is 5.92 Å². The minimum absolute atomic E-state index is 0.0870. The van der Waals surface area contributed by atoms with Gasteiger partial charge in [-0.1, -0.05) is 30.3 Å². The van der Waals surface area contributed by atoms with Gasteiger partial charge in [-0.15, -0.1) is 0 Å². The maximum absolute atomic E-state index is 12.9. The van der Waals surface area contributed by atoms with Crippen LogP contribution in [0.3, 0.4) is 0 Å². The van der Waals surface area contributed by atoms with Gasteiger partial charge in [0.05, 0.1) is 5.56 Å². The summed E-state index contributed by atoms with van der Waals surface area (Å²) in [5, 5.41) is 0. The molecule has 2 fully saturated rings. The lowest BCUT2D eigenvalue weighted by Crippen LogP contribution is -2.43. The Morgan fingerprint density at radius 3 is 2.37 bits per heavy atom. The van der Waals surface area contributed by atoms with E-state index >= 15 is 0 Å². The van der Waals surface area contributed by atoms with Crippen molar-refractivity contribution in [2.75, 3.05) is 19.6 Å². The van der Waals surface area contributed by atoms with E-state index in [0.29, 0.717) is 30.0 Å². The molecule has 6 nitrogen and oxygen atoms in total. The molecule has 2 aliphatic rings. The SMILES string of the molecule is O=C(c1ccccc1)n1c(=O)ccn(CCCN2CC3C[C@]3(c3ccc(C(F)(F)F)cc3)C2)c1=O. The number of alkyl halides is 3. The number of carbonyl (C=O) groups is 1. The zero-order valence-electron chi connectivity index (χ0n) is 18.9. The Bertz CT molecular complexity index is 1360. The molecule has 1 aromatic heterocycles. The topological polar surface area (TPSA) is 64.3 Å². The normalized spacial score (nSPS) is 21.6. The molecule has 2 heterocycles. The number of rotatable bonds is 6. The highest BCUT2D eigenvalue weighted by Crippen LogP contribution is 2.59. The fraction of sp³-hybridized carbons (Fsp3) is 0.346. The zero-order valence-corrected chi connectivity index (χ0v) is 18.9. The molecule has 3 aromatic rings. The third-order valence-corrected chi connectivity index (χ3v) is 7.16. The lowest BCUT2D eigenvalue weighted by molar-refractivity contribution is -0.137. The van der Waals surface area contributed by atoms with E-state index in [1.165, 1.54) is 16.8 Å². The number of benzene rings is 2. The average Bonchev–Trinajstić information content (AvgIpc) is 3.41. The first-order valence-corrected chi connectivity index (χ1v) is 11.5. The lowest BCUT2D eigenvalue weighted by atomic mass is 9.94. The van der Waals surface area contributed by atoms with E-state index in [1.807, 2.05) is 0 Å². The van der Waals surface area contributed by atoms with Gasteiger partial charge in [-0.25, -0.2) is 4.79 Å². The Morgan fingerprint density at radius 2 is 1.69 bits per heavy atom. The summed E-state index contributed by atoms with van der Waals surface area (Å²) < 4.78 is 40.7. The van der Waals surface area contributed by atoms with Crippen LogP contribution < -0.4 is 11.2 Å². The number of piperidine rings is 1. The number of fused-ring (bicyclic) bond motifs is 1. The van der Waals surface area contributed by atoms with Crippen molar-refractivity contribution in [2.45, 2.75) is 31.0 Å². The summed E-state index contributed by atoms with van der Waals surface area (Å²) in [4.78, 5) is 40.0. The number of hydrogen-bond donors (Lipinski definition) is 0. The van der Waals surface area contributed by atoms with Crippen LogP contribution in [0.2, 0.25) is 0 Å². The number of aryl methyl sites for hydroxylation is 1. The number of likely N-dealkylation sites (tertiary alicyclic amines) is 1. The van der Waals surface area contributed by atoms with Crippen molar-refractivity contribution in [1.82, 2.24) is 14.0 Å². The van der Waals surface area contributed by atoms with Crippen LogP contribution in [0.25, 0.3) is 0 Å². The molecule has 2 aromatic carbocycles. The van der Waals surface area contributed by atoms with E-state index in [1.54, 1.807) is 42.5 Å². The summed E-state index contributed by atoms with van der Waals surface area (Å²) in [6.45, 7) is 2.68. The maximum atomic E-state index is 12.9. The second-order valence-corrected chi connectivity index (χ2v) is 9.36. The van der Waals surface area contributed by atoms with E-state index in [9.17, 15) is 27.6 Å². The Labute approximate surface area is 199 Å². The summed E-state index contributed by atoms with van der Waals surface area (Å²) >= 11 is 0. The molecule has 0 radical (unpaired) electrons. The fourth-order valence-corrected chi connectivity index (χ4v) is 5.24. The molecule has 0 amide bonds. The van der Waals surface area contributed by atoms with Crippen LogP contribution in [0.4, 0.5) is 13.2 Å². The summed E-state index contributed by atoms with van der Waals surface area (Å²) in [6, 6.07) is 14.9. The Kier molecular flexibility index (Phi) is 5.75. The minimum atomic E-state index is -4.34. The molecule has 1 saturated carbocycles. The highest BCUT2D eigenvalue weighted by Gasteiger charge is 2.60. The zero-order chi connectivity index (χ0) is 24.8. The monoisotopic (exact) mass is 483 g/mol. The predicted molar refractivity (Wildman–Crippen MR) is 123 cm³/mol. The maximum Gasteiger partial charge on any atom is 0.416 e. The van der Waals surface area contributed by atoms with Gasteiger partial charge in [0.15, 0.2) is 0 Å². The first-order valence-electron chi connectivity index (χ1n) is 11.5. The standard InChI is InChI=1S/C26H24F3N3O3/c27-26(28,29)20-9-7-19(8-10-20)25-15-21(25)16-30(17-25)12-4-13-31-14-11-22(33)32(24(31)35)23(34)18-5-2-1-3-6-18/h1-3,5-11,14,21H,4,12-13,15-17H2/t21?,25-/m1/s1. The van der Waals surface area contributed by atoms with Gasteiger partial charge in [-0.2, -0.15) is 17.7 Å². The minimum Gasteiger partial charge on any atom is -0.302 e. The van der Waals surface area contributed by atoms with E-state index in [-0.39, 0.29) is 11.0 Å². The van der Waals surface area contributed by atoms with E-state index < -0.39 is 28.9 Å². The highest BCUT2D eigenvalue weighted by atomic mass is 19.4. The molecule has 182 valence electrons. The molecule has 1 aliphatic heterocycles. The second kappa shape index (κ2) is 8.64. The molecule has 35 heavy (non-hydrogen) atoms. The van der Waals surface area contributed by atoms with E-state index in [2.05, 4.69) is 4.90 Å². The van der Waals surface area contributed by atoms with E-state index in [4.69, 9.17) is 0 Å². The molecule has 9 heteroatoms. The quantitative estimate of drug-likeness (QED) is 0.539. The van der Waals surface area contributed by atoms with Gasteiger partial charge in [0.25, 0.3) is 11.5 Å². The largest absolute Gasteiger partial charge is 0.416 e. The van der Waals surface area contributed by atoms with Crippen molar-refractivity contribution in [3.63, 3.8) is 0 Å². The summed E-state index contributed by atoms with van der Waals surface area (Å²) in [6.07, 6.45) is -1.33.